The second kappa shape index (κ2) is 4.98. The van der Waals surface area contributed by atoms with Crippen molar-refractivity contribution in [2.45, 2.75) is 6.92 Å². The molecule has 9 heavy (non-hydrogen) atoms. The Kier molecular flexibility index (Phi) is 4.33. The van der Waals surface area contributed by atoms with E-state index in [1.807, 2.05) is 0 Å². The lowest BCUT2D eigenvalue weighted by Crippen LogP contribution is -2.20. The molecule has 0 atom stereocenters. The molecule has 1 N–H and O–H groups in total. The van der Waals surface area contributed by atoms with Gasteiger partial charge in [0.25, 0.3) is 0 Å². The summed E-state index contributed by atoms with van der Waals surface area (Å²) >= 11 is 0. The van der Waals surface area contributed by atoms with Crippen LogP contribution in [0.2, 0.25) is 0 Å². The molecule has 0 saturated carbocycles. The Morgan fingerprint density at radius 2 is 2.56 bits per heavy atom. The van der Waals surface area contributed by atoms with Gasteiger partial charge in [0, 0.05) is 6.04 Å². The fraction of sp³-hybridized carbons (Fsp3) is 0.500. The van der Waals surface area contributed by atoms with Gasteiger partial charge < -0.3 is 10.1 Å². The molecule has 0 radical (unpaired) electrons. The summed E-state index contributed by atoms with van der Waals surface area (Å²) in [6.07, 6.45) is 4.80. The van der Waals surface area contributed by atoms with Crippen LogP contribution in [0.15, 0.2) is 0 Å². The van der Waals surface area contributed by atoms with Gasteiger partial charge in [-0.05, 0) is 6.92 Å². The van der Waals surface area contributed by atoms with Crippen molar-refractivity contribution in [1.82, 2.24) is 5.32 Å². The zero-order valence-corrected chi connectivity index (χ0v) is 5.31. The fourth-order valence-electron chi connectivity index (χ4n) is 0.335. The molecule has 0 fully saturated rings. The van der Waals surface area contributed by atoms with Crippen molar-refractivity contribution in [2.24, 2.45) is 0 Å². The van der Waals surface area contributed by atoms with E-state index in [2.05, 4.69) is 16.1 Å². The van der Waals surface area contributed by atoms with Gasteiger partial charge in [-0.2, -0.15) is 0 Å². The number of rotatable bonds is 3. The van der Waals surface area contributed by atoms with Gasteiger partial charge in [0.2, 0.25) is 0 Å². The molecule has 0 aliphatic heterocycles. The number of esters is 1. The van der Waals surface area contributed by atoms with E-state index in [1.54, 1.807) is 6.92 Å². The molecule has 0 saturated heterocycles. The highest BCUT2D eigenvalue weighted by Crippen LogP contribution is 1.72. The van der Waals surface area contributed by atoms with E-state index >= 15 is 0 Å². The Balaban J connectivity index is 3.19. The van der Waals surface area contributed by atoms with Crippen molar-refractivity contribution < 1.29 is 9.53 Å². The highest BCUT2D eigenvalue weighted by atomic mass is 16.5. The summed E-state index contributed by atoms with van der Waals surface area (Å²) in [5.41, 5.74) is 0. The third kappa shape index (κ3) is 4.69. The van der Waals surface area contributed by atoms with E-state index in [9.17, 15) is 4.79 Å². The van der Waals surface area contributed by atoms with Crippen LogP contribution in [-0.4, -0.2) is 19.1 Å². The zero-order chi connectivity index (χ0) is 7.11. The largest absolute Gasteiger partial charge is 0.465 e. The van der Waals surface area contributed by atoms with Crippen LogP contribution >= 0.6 is 0 Å². The van der Waals surface area contributed by atoms with Crippen LogP contribution in [0.4, 0.5) is 0 Å². The first-order valence-corrected chi connectivity index (χ1v) is 2.65. The summed E-state index contributed by atoms with van der Waals surface area (Å²) in [6.45, 7) is 2.23. The van der Waals surface area contributed by atoms with E-state index in [1.165, 1.54) is 0 Å². The molecule has 0 bridgehead atoms. The number of terminal acetylenes is 1. The minimum atomic E-state index is -0.324. The maximum atomic E-state index is 10.4. The van der Waals surface area contributed by atoms with Gasteiger partial charge in [0.05, 0.1) is 6.61 Å². The maximum Gasteiger partial charge on any atom is 0.326 e. The first-order chi connectivity index (χ1) is 4.31. The molecule has 0 spiro atoms. The van der Waals surface area contributed by atoms with Crippen LogP contribution in [0.25, 0.3) is 0 Å². The maximum absolute atomic E-state index is 10.4. The highest BCUT2D eigenvalue weighted by molar-refractivity contribution is 5.71. The van der Waals surface area contributed by atoms with Crippen molar-refractivity contribution in [3.05, 3.63) is 0 Å². The van der Waals surface area contributed by atoms with E-state index in [0.717, 1.165) is 0 Å². The molecule has 0 heterocycles. The van der Waals surface area contributed by atoms with Crippen molar-refractivity contribution in [1.29, 1.82) is 0 Å². The van der Waals surface area contributed by atoms with Crippen molar-refractivity contribution in [3.63, 3.8) is 0 Å². The lowest BCUT2D eigenvalue weighted by Gasteiger charge is -1.97. The van der Waals surface area contributed by atoms with Crippen LogP contribution in [0.3, 0.4) is 0 Å². The molecular weight excluding hydrogens is 118 g/mol. The molecule has 0 rings (SSSR count). The Labute approximate surface area is 54.4 Å². The Hall–Kier alpha value is -1.17. The average molecular weight is 127 g/mol. The van der Waals surface area contributed by atoms with Crippen molar-refractivity contribution >= 4 is 5.97 Å². The van der Waals surface area contributed by atoms with E-state index < -0.39 is 0 Å². The Bertz CT molecular complexity index is 126. The lowest BCUT2D eigenvalue weighted by molar-refractivity contribution is -0.141. The summed E-state index contributed by atoms with van der Waals surface area (Å²) < 4.78 is 4.55. The quantitative estimate of drug-likeness (QED) is 0.322. The SMILES string of the molecule is C#CNCC(=O)OCC. The van der Waals surface area contributed by atoms with E-state index in [0.29, 0.717) is 6.61 Å². The number of nitrogens with one attached hydrogen (secondary N) is 1. The average Bonchev–Trinajstić information content (AvgIpc) is 1.85. The van der Waals surface area contributed by atoms with E-state index in [-0.39, 0.29) is 12.5 Å². The van der Waals surface area contributed by atoms with Gasteiger partial charge in [-0.1, -0.05) is 6.42 Å². The standard InChI is InChI=1S/C6H9NO2/c1-3-7-5-6(8)9-4-2/h1,7H,4-5H2,2H3. The number of hydrogen-bond donors (Lipinski definition) is 1. The fourth-order valence-corrected chi connectivity index (χ4v) is 0.335. The Morgan fingerprint density at radius 1 is 1.89 bits per heavy atom. The molecule has 0 unspecified atom stereocenters. The third-order valence-electron chi connectivity index (χ3n) is 0.640. The highest BCUT2D eigenvalue weighted by Gasteiger charge is 1.95. The molecule has 3 nitrogen and oxygen atoms in total. The lowest BCUT2D eigenvalue weighted by atomic mass is 10.6. The van der Waals surface area contributed by atoms with Crippen LogP contribution in [0, 0.1) is 12.5 Å². The van der Waals surface area contributed by atoms with Crippen LogP contribution < -0.4 is 5.32 Å². The van der Waals surface area contributed by atoms with Gasteiger partial charge in [-0.15, -0.1) is 0 Å². The summed E-state index contributed by atoms with van der Waals surface area (Å²) in [4.78, 5) is 10.4. The number of carbonyl (C=O) groups is 1. The first kappa shape index (κ1) is 7.83. The Morgan fingerprint density at radius 3 is 3.00 bits per heavy atom. The van der Waals surface area contributed by atoms with Crippen LogP contribution in [0.1, 0.15) is 6.92 Å². The van der Waals surface area contributed by atoms with Crippen molar-refractivity contribution in [2.75, 3.05) is 13.2 Å². The van der Waals surface area contributed by atoms with Gasteiger partial charge >= 0.3 is 5.97 Å². The van der Waals surface area contributed by atoms with Gasteiger partial charge in [-0.25, -0.2) is 0 Å². The number of carbonyl (C=O) groups excluding carboxylic acids is 1. The summed E-state index contributed by atoms with van der Waals surface area (Å²) in [5.74, 6) is -0.324. The van der Waals surface area contributed by atoms with E-state index in [4.69, 9.17) is 6.42 Å². The second-order valence-corrected chi connectivity index (χ2v) is 1.30. The predicted molar refractivity (Wildman–Crippen MR) is 33.5 cm³/mol. The molecule has 50 valence electrons. The van der Waals surface area contributed by atoms with Crippen LogP contribution in [0.5, 0.6) is 0 Å². The summed E-state index contributed by atoms with van der Waals surface area (Å²) in [6, 6.07) is 2.11. The minimum absolute atomic E-state index is 0.0876. The molecule has 0 aromatic carbocycles. The molecule has 0 aliphatic carbocycles. The molecule has 0 aromatic heterocycles. The van der Waals surface area contributed by atoms with Gasteiger partial charge in [0.15, 0.2) is 0 Å². The van der Waals surface area contributed by atoms with Crippen molar-refractivity contribution in [3.8, 4) is 12.5 Å². The normalized spacial score (nSPS) is 7.56. The number of ether oxygens (including phenoxy) is 1. The molecule has 0 amide bonds. The topological polar surface area (TPSA) is 38.3 Å². The molecular formula is C6H9NO2. The second-order valence-electron chi connectivity index (χ2n) is 1.30. The summed E-state index contributed by atoms with van der Waals surface area (Å²) in [7, 11) is 0. The predicted octanol–water partition coefficient (Wildman–Crippen LogP) is -0.270. The zero-order valence-electron chi connectivity index (χ0n) is 5.31. The third-order valence-corrected chi connectivity index (χ3v) is 0.640. The first-order valence-electron chi connectivity index (χ1n) is 2.65. The van der Waals surface area contributed by atoms with Gasteiger partial charge in [0.1, 0.15) is 6.54 Å². The van der Waals surface area contributed by atoms with Gasteiger partial charge in [-0.3, -0.25) is 4.79 Å². The number of hydrogen-bond acceptors (Lipinski definition) is 3. The van der Waals surface area contributed by atoms with Crippen LogP contribution in [-0.2, 0) is 9.53 Å². The smallest absolute Gasteiger partial charge is 0.326 e. The minimum Gasteiger partial charge on any atom is -0.465 e. The molecule has 3 heteroatoms. The monoisotopic (exact) mass is 127 g/mol. The molecule has 0 aromatic rings. The molecule has 0 aliphatic rings. The summed E-state index contributed by atoms with van der Waals surface area (Å²) in [5, 5.41) is 2.39.